The standard InChI is InChI=1S/C18H21N3OS2/c1-21(11-13-7-9-23-12-13)8-6-17(22)20-18-15(10-19)14-4-2-3-5-16(14)24-18/h7,9,12H,2-6,8,11H2,1H3,(H,20,22)/p+1. The number of hydrogen-bond acceptors (Lipinski definition) is 4. The van der Waals surface area contributed by atoms with Crippen molar-refractivity contribution in [3.63, 3.8) is 0 Å². The lowest BCUT2D eigenvalue weighted by molar-refractivity contribution is -0.893. The van der Waals surface area contributed by atoms with E-state index in [9.17, 15) is 10.1 Å². The van der Waals surface area contributed by atoms with Crippen LogP contribution in [0.1, 0.15) is 40.8 Å². The average molecular weight is 361 g/mol. The van der Waals surface area contributed by atoms with E-state index in [1.54, 1.807) is 22.7 Å². The topological polar surface area (TPSA) is 57.3 Å². The number of amides is 1. The lowest BCUT2D eigenvalue weighted by Gasteiger charge is -2.12. The molecule has 0 spiro atoms. The second-order valence-electron chi connectivity index (χ2n) is 6.34. The number of rotatable bonds is 6. The highest BCUT2D eigenvalue weighted by molar-refractivity contribution is 7.16. The lowest BCUT2D eigenvalue weighted by atomic mass is 9.96. The summed E-state index contributed by atoms with van der Waals surface area (Å²) in [4.78, 5) is 14.9. The molecule has 0 aromatic carbocycles. The van der Waals surface area contributed by atoms with Gasteiger partial charge in [-0.05, 0) is 48.1 Å². The van der Waals surface area contributed by atoms with Crippen molar-refractivity contribution in [1.29, 1.82) is 5.26 Å². The Balaban J connectivity index is 1.55. The number of carbonyl (C=O) groups excluding carboxylic acids is 1. The zero-order valence-electron chi connectivity index (χ0n) is 13.9. The van der Waals surface area contributed by atoms with Crippen LogP contribution in [0.3, 0.4) is 0 Å². The van der Waals surface area contributed by atoms with Gasteiger partial charge in [-0.15, -0.1) is 11.3 Å². The normalized spacial score (nSPS) is 14.7. The predicted octanol–water partition coefficient (Wildman–Crippen LogP) is 2.60. The molecule has 1 amide bonds. The molecule has 0 fully saturated rings. The van der Waals surface area contributed by atoms with E-state index < -0.39 is 0 Å². The van der Waals surface area contributed by atoms with Crippen LogP contribution in [0.5, 0.6) is 0 Å². The van der Waals surface area contributed by atoms with Crippen LogP contribution >= 0.6 is 22.7 Å². The van der Waals surface area contributed by atoms with E-state index in [1.165, 1.54) is 27.3 Å². The molecule has 0 bridgehead atoms. The molecule has 4 nitrogen and oxygen atoms in total. The minimum absolute atomic E-state index is 0.00904. The molecule has 24 heavy (non-hydrogen) atoms. The summed E-state index contributed by atoms with van der Waals surface area (Å²) in [6, 6.07) is 4.42. The second-order valence-corrected chi connectivity index (χ2v) is 8.23. The van der Waals surface area contributed by atoms with Crippen LogP contribution in [0.2, 0.25) is 0 Å². The Bertz CT molecular complexity index is 743. The van der Waals surface area contributed by atoms with Gasteiger partial charge in [0.1, 0.15) is 17.6 Å². The van der Waals surface area contributed by atoms with Crippen molar-refractivity contribution in [2.24, 2.45) is 0 Å². The minimum atomic E-state index is 0.00904. The summed E-state index contributed by atoms with van der Waals surface area (Å²) >= 11 is 3.30. The minimum Gasteiger partial charge on any atom is -0.333 e. The lowest BCUT2D eigenvalue weighted by Crippen LogP contribution is -3.07. The number of fused-ring (bicyclic) bond motifs is 1. The van der Waals surface area contributed by atoms with Gasteiger partial charge in [0.25, 0.3) is 0 Å². The fourth-order valence-corrected chi connectivity index (χ4v) is 5.04. The van der Waals surface area contributed by atoms with Crippen LogP contribution in [-0.4, -0.2) is 19.5 Å². The maximum absolute atomic E-state index is 12.3. The first-order valence-corrected chi connectivity index (χ1v) is 10.1. The molecule has 0 aliphatic heterocycles. The molecule has 126 valence electrons. The fourth-order valence-electron chi connectivity index (χ4n) is 3.12. The second kappa shape index (κ2) is 7.93. The first-order valence-electron chi connectivity index (χ1n) is 8.34. The largest absolute Gasteiger partial charge is 0.333 e. The van der Waals surface area contributed by atoms with Crippen LogP contribution in [0.15, 0.2) is 16.8 Å². The van der Waals surface area contributed by atoms with Crippen LogP contribution in [-0.2, 0) is 24.2 Å². The van der Waals surface area contributed by atoms with Gasteiger partial charge in [0.05, 0.1) is 25.6 Å². The van der Waals surface area contributed by atoms with Gasteiger partial charge < -0.3 is 10.2 Å². The summed E-state index contributed by atoms with van der Waals surface area (Å²) in [6.07, 6.45) is 4.81. The number of nitrogens with zero attached hydrogens (tertiary/aromatic N) is 1. The molecule has 0 radical (unpaired) electrons. The van der Waals surface area contributed by atoms with Gasteiger partial charge in [-0.25, -0.2) is 0 Å². The Morgan fingerprint density at radius 2 is 2.25 bits per heavy atom. The zero-order valence-corrected chi connectivity index (χ0v) is 15.5. The number of carbonyl (C=O) groups is 1. The number of hydrogen-bond donors (Lipinski definition) is 2. The molecule has 1 atom stereocenters. The maximum Gasteiger partial charge on any atom is 0.230 e. The third-order valence-electron chi connectivity index (χ3n) is 4.40. The van der Waals surface area contributed by atoms with E-state index in [0.717, 1.165) is 37.4 Å². The predicted molar refractivity (Wildman–Crippen MR) is 98.7 cm³/mol. The van der Waals surface area contributed by atoms with Crippen molar-refractivity contribution in [2.45, 2.75) is 38.6 Å². The van der Waals surface area contributed by atoms with Crippen molar-refractivity contribution >= 4 is 33.6 Å². The van der Waals surface area contributed by atoms with Crippen molar-refractivity contribution in [2.75, 3.05) is 18.9 Å². The average Bonchev–Trinajstić information content (AvgIpc) is 3.19. The zero-order chi connectivity index (χ0) is 16.9. The first-order chi connectivity index (χ1) is 11.7. The third-order valence-corrected chi connectivity index (χ3v) is 6.34. The van der Waals surface area contributed by atoms with Crippen LogP contribution < -0.4 is 10.2 Å². The molecular weight excluding hydrogens is 338 g/mol. The molecule has 6 heteroatoms. The van der Waals surface area contributed by atoms with Gasteiger partial charge >= 0.3 is 0 Å². The number of nitrogens with one attached hydrogen (secondary N) is 2. The van der Waals surface area contributed by atoms with E-state index in [-0.39, 0.29) is 5.91 Å². The highest BCUT2D eigenvalue weighted by Crippen LogP contribution is 2.37. The van der Waals surface area contributed by atoms with Crippen LogP contribution in [0, 0.1) is 11.3 Å². The summed E-state index contributed by atoms with van der Waals surface area (Å²) in [5.41, 5.74) is 3.18. The van der Waals surface area contributed by atoms with Gasteiger partial charge in [0.15, 0.2) is 0 Å². The highest BCUT2D eigenvalue weighted by Gasteiger charge is 2.22. The van der Waals surface area contributed by atoms with Gasteiger partial charge in [0.2, 0.25) is 5.91 Å². The summed E-state index contributed by atoms with van der Waals surface area (Å²) in [6.45, 7) is 1.72. The quantitative estimate of drug-likeness (QED) is 0.832. The van der Waals surface area contributed by atoms with E-state index in [0.29, 0.717) is 12.0 Å². The van der Waals surface area contributed by atoms with E-state index in [1.807, 2.05) is 0 Å². The molecule has 3 rings (SSSR count). The van der Waals surface area contributed by atoms with E-state index >= 15 is 0 Å². The Kier molecular flexibility index (Phi) is 5.67. The Morgan fingerprint density at radius 1 is 1.42 bits per heavy atom. The van der Waals surface area contributed by atoms with E-state index in [2.05, 4.69) is 35.3 Å². The number of nitriles is 1. The molecule has 1 aliphatic rings. The Morgan fingerprint density at radius 3 is 3.00 bits per heavy atom. The number of thiophene rings is 2. The molecule has 2 N–H and O–H groups in total. The SMILES string of the molecule is C[NH+](CCC(=O)Nc1sc2c(c1C#N)CCCC2)Cc1ccsc1. The monoisotopic (exact) mass is 360 g/mol. The number of aryl methyl sites for hydroxylation is 1. The molecule has 2 aromatic rings. The molecular formula is C18H22N3OS2+. The molecule has 2 aromatic heterocycles. The summed E-state index contributed by atoms with van der Waals surface area (Å²) in [7, 11) is 2.11. The number of anilines is 1. The maximum atomic E-state index is 12.3. The summed E-state index contributed by atoms with van der Waals surface area (Å²) in [5.74, 6) is 0.00904. The van der Waals surface area contributed by atoms with Crippen molar-refractivity contribution in [3.8, 4) is 6.07 Å². The highest BCUT2D eigenvalue weighted by atomic mass is 32.1. The van der Waals surface area contributed by atoms with E-state index in [4.69, 9.17) is 0 Å². The van der Waals surface area contributed by atoms with Gasteiger partial charge in [0, 0.05) is 10.4 Å². The fraction of sp³-hybridized carbons (Fsp3) is 0.444. The van der Waals surface area contributed by atoms with Gasteiger partial charge in [-0.2, -0.15) is 16.6 Å². The summed E-state index contributed by atoms with van der Waals surface area (Å²) in [5, 5.41) is 17.4. The molecule has 2 heterocycles. The van der Waals surface area contributed by atoms with Gasteiger partial charge in [-0.3, -0.25) is 4.79 Å². The molecule has 0 saturated carbocycles. The van der Waals surface area contributed by atoms with Crippen LogP contribution in [0.25, 0.3) is 0 Å². The van der Waals surface area contributed by atoms with Crippen LogP contribution in [0.4, 0.5) is 5.00 Å². The molecule has 0 saturated heterocycles. The Hall–Kier alpha value is -1.68. The molecule has 1 aliphatic carbocycles. The Labute approximate surface area is 150 Å². The number of quaternary nitrogens is 1. The van der Waals surface area contributed by atoms with Crippen molar-refractivity contribution < 1.29 is 9.69 Å². The molecule has 1 unspecified atom stereocenters. The third kappa shape index (κ3) is 4.04. The van der Waals surface area contributed by atoms with Crippen molar-refractivity contribution in [3.05, 3.63) is 38.4 Å². The summed E-state index contributed by atoms with van der Waals surface area (Å²) < 4.78 is 0. The smallest absolute Gasteiger partial charge is 0.230 e. The van der Waals surface area contributed by atoms with Gasteiger partial charge in [-0.1, -0.05) is 0 Å². The van der Waals surface area contributed by atoms with Crippen molar-refractivity contribution in [1.82, 2.24) is 0 Å². The first kappa shape index (κ1) is 17.2.